The van der Waals surface area contributed by atoms with Crippen molar-refractivity contribution in [3.63, 3.8) is 0 Å². The molecule has 5 nitrogen and oxygen atoms in total. The molecule has 0 saturated carbocycles. The van der Waals surface area contributed by atoms with E-state index in [1.807, 2.05) is 24.3 Å². The van der Waals surface area contributed by atoms with E-state index in [0.717, 1.165) is 22.6 Å². The summed E-state index contributed by atoms with van der Waals surface area (Å²) >= 11 is 0. The van der Waals surface area contributed by atoms with Crippen molar-refractivity contribution >= 4 is 11.6 Å². The molecule has 0 aromatic heterocycles. The van der Waals surface area contributed by atoms with E-state index in [0.29, 0.717) is 6.42 Å². The minimum atomic E-state index is -0.593. The lowest BCUT2D eigenvalue weighted by Gasteiger charge is -2.25. The van der Waals surface area contributed by atoms with Crippen LogP contribution in [0.25, 0.3) is 0 Å². The number of ether oxygens (including phenoxy) is 1. The van der Waals surface area contributed by atoms with Gasteiger partial charge in [-0.25, -0.2) is 8.78 Å². The highest BCUT2D eigenvalue weighted by Crippen LogP contribution is 2.22. The molecule has 3 aromatic carbocycles. The first-order valence-electron chi connectivity index (χ1n) is 10.2. The number of methoxy groups -OCH3 is 1. The number of hydrogen-bond donors (Lipinski definition) is 0. The second kappa shape index (κ2) is 9.60. The van der Waals surface area contributed by atoms with Gasteiger partial charge in [0.05, 0.1) is 24.9 Å². The van der Waals surface area contributed by atoms with Crippen molar-refractivity contribution in [3.05, 3.63) is 101 Å². The summed E-state index contributed by atoms with van der Waals surface area (Å²) < 4.78 is 32.8. The Morgan fingerprint density at radius 2 is 1.78 bits per heavy atom. The van der Waals surface area contributed by atoms with Gasteiger partial charge in [-0.3, -0.25) is 4.79 Å². The summed E-state index contributed by atoms with van der Waals surface area (Å²) in [6.45, 7) is 0.388. The molecule has 0 radical (unpaired) electrons. The van der Waals surface area contributed by atoms with Crippen molar-refractivity contribution in [2.24, 2.45) is 5.16 Å². The minimum absolute atomic E-state index is 0.0242. The molecule has 0 spiro atoms. The first kappa shape index (κ1) is 21.5. The van der Waals surface area contributed by atoms with Crippen LogP contribution in [0.15, 0.2) is 78.0 Å². The quantitative estimate of drug-likeness (QED) is 0.534. The van der Waals surface area contributed by atoms with E-state index >= 15 is 0 Å². The maximum absolute atomic E-state index is 14.3. The summed E-state index contributed by atoms with van der Waals surface area (Å²) in [4.78, 5) is 20.2. The third-order valence-electron chi connectivity index (χ3n) is 5.26. The Balaban J connectivity index is 1.50. The summed E-state index contributed by atoms with van der Waals surface area (Å²) in [6.07, 6.45) is 0.111. The number of benzene rings is 3. The highest BCUT2D eigenvalue weighted by molar-refractivity contribution is 6.01. The predicted octanol–water partition coefficient (Wildman–Crippen LogP) is 4.81. The smallest absolute Gasteiger partial charge is 0.257 e. The van der Waals surface area contributed by atoms with E-state index < -0.39 is 11.7 Å². The minimum Gasteiger partial charge on any atom is -0.497 e. The largest absolute Gasteiger partial charge is 0.497 e. The van der Waals surface area contributed by atoms with Crippen molar-refractivity contribution < 1.29 is 23.1 Å². The standard InChI is InChI=1S/C25H22F2N2O3/c1-31-20-12-8-18(9-13-20)24-14-21(32-28-24)16-29(15-17-6-10-19(26)11-7-17)25(30)22-4-2-3-5-23(22)27/h2-13,21H,14-16H2,1H3. The van der Waals surface area contributed by atoms with Gasteiger partial charge in [-0.15, -0.1) is 0 Å². The Labute approximate surface area is 184 Å². The van der Waals surface area contributed by atoms with Crippen LogP contribution in [0, 0.1) is 11.6 Å². The molecule has 1 unspecified atom stereocenters. The molecule has 1 heterocycles. The van der Waals surface area contributed by atoms with E-state index in [2.05, 4.69) is 5.16 Å². The van der Waals surface area contributed by atoms with Gasteiger partial charge >= 0.3 is 0 Å². The van der Waals surface area contributed by atoms with E-state index in [-0.39, 0.29) is 30.6 Å². The molecule has 0 fully saturated rings. The first-order chi connectivity index (χ1) is 15.5. The van der Waals surface area contributed by atoms with Gasteiger partial charge in [-0.05, 0) is 59.7 Å². The lowest BCUT2D eigenvalue weighted by atomic mass is 10.0. The summed E-state index contributed by atoms with van der Waals surface area (Å²) in [6, 6.07) is 19.2. The summed E-state index contributed by atoms with van der Waals surface area (Å²) in [5, 5.41) is 4.18. The van der Waals surface area contributed by atoms with Crippen molar-refractivity contribution in [3.8, 4) is 5.75 Å². The second-order valence-corrected chi connectivity index (χ2v) is 7.49. The molecule has 164 valence electrons. The van der Waals surface area contributed by atoms with Gasteiger partial charge in [0.2, 0.25) is 0 Å². The maximum Gasteiger partial charge on any atom is 0.257 e. The van der Waals surface area contributed by atoms with Crippen LogP contribution in [0.3, 0.4) is 0 Å². The van der Waals surface area contributed by atoms with Crippen molar-refractivity contribution in [2.45, 2.75) is 19.1 Å². The lowest BCUT2D eigenvalue weighted by Crippen LogP contribution is -2.37. The van der Waals surface area contributed by atoms with Gasteiger partial charge in [0.15, 0.2) is 6.10 Å². The Kier molecular flexibility index (Phi) is 6.44. The molecule has 1 aliphatic heterocycles. The topological polar surface area (TPSA) is 51.1 Å². The molecule has 4 rings (SSSR count). The molecule has 1 amide bonds. The van der Waals surface area contributed by atoms with Gasteiger partial charge in [-0.2, -0.15) is 0 Å². The van der Waals surface area contributed by atoms with E-state index in [9.17, 15) is 13.6 Å². The summed E-state index contributed by atoms with van der Waals surface area (Å²) in [5.41, 5.74) is 2.37. The number of amides is 1. The lowest BCUT2D eigenvalue weighted by molar-refractivity contribution is 0.0402. The monoisotopic (exact) mass is 436 g/mol. The second-order valence-electron chi connectivity index (χ2n) is 7.49. The number of carbonyl (C=O) groups excluding carboxylic acids is 1. The molecule has 7 heteroatoms. The van der Waals surface area contributed by atoms with Crippen LogP contribution in [0.4, 0.5) is 8.78 Å². The molecule has 0 saturated heterocycles. The van der Waals surface area contributed by atoms with Crippen LogP contribution in [-0.2, 0) is 11.4 Å². The fraction of sp³-hybridized carbons (Fsp3) is 0.200. The Morgan fingerprint density at radius 1 is 1.06 bits per heavy atom. The van der Waals surface area contributed by atoms with Crippen molar-refractivity contribution in [1.29, 1.82) is 0 Å². The van der Waals surface area contributed by atoms with Gasteiger partial charge in [0.1, 0.15) is 17.4 Å². The molecular formula is C25H22F2N2O3. The highest BCUT2D eigenvalue weighted by Gasteiger charge is 2.28. The fourth-order valence-electron chi connectivity index (χ4n) is 3.56. The van der Waals surface area contributed by atoms with E-state index in [1.54, 1.807) is 25.3 Å². The van der Waals surface area contributed by atoms with Gasteiger partial charge < -0.3 is 14.5 Å². The number of halogens is 2. The Bertz CT molecular complexity index is 1110. The van der Waals surface area contributed by atoms with Crippen molar-refractivity contribution in [2.75, 3.05) is 13.7 Å². The molecular weight excluding hydrogens is 414 g/mol. The van der Waals surface area contributed by atoms with Crippen LogP contribution < -0.4 is 4.74 Å². The zero-order valence-corrected chi connectivity index (χ0v) is 17.5. The van der Waals surface area contributed by atoms with Crippen LogP contribution >= 0.6 is 0 Å². The normalized spacial score (nSPS) is 15.1. The maximum atomic E-state index is 14.3. The summed E-state index contributed by atoms with van der Waals surface area (Å²) in [5.74, 6) is -0.679. The molecule has 32 heavy (non-hydrogen) atoms. The van der Waals surface area contributed by atoms with Gasteiger partial charge in [0.25, 0.3) is 5.91 Å². The molecule has 1 aliphatic rings. The van der Waals surface area contributed by atoms with Crippen LogP contribution in [0.5, 0.6) is 5.75 Å². The molecule has 3 aromatic rings. The number of oxime groups is 1. The molecule has 0 aliphatic carbocycles. The number of rotatable bonds is 7. The summed E-state index contributed by atoms with van der Waals surface area (Å²) in [7, 11) is 1.60. The third-order valence-corrected chi connectivity index (χ3v) is 5.26. The van der Waals surface area contributed by atoms with Crippen LogP contribution in [0.2, 0.25) is 0 Å². The van der Waals surface area contributed by atoms with E-state index in [4.69, 9.17) is 9.57 Å². The number of nitrogens with zero attached hydrogens (tertiary/aromatic N) is 2. The van der Waals surface area contributed by atoms with Crippen LogP contribution in [-0.4, -0.2) is 36.3 Å². The van der Waals surface area contributed by atoms with Gasteiger partial charge in [-0.1, -0.05) is 29.4 Å². The number of carbonyl (C=O) groups is 1. The zero-order chi connectivity index (χ0) is 22.5. The fourth-order valence-corrected chi connectivity index (χ4v) is 3.56. The molecule has 0 bridgehead atoms. The highest BCUT2D eigenvalue weighted by atomic mass is 19.1. The van der Waals surface area contributed by atoms with E-state index in [1.165, 1.54) is 35.2 Å². The van der Waals surface area contributed by atoms with Crippen LogP contribution in [0.1, 0.15) is 27.9 Å². The Hall–Kier alpha value is -3.74. The molecule has 0 N–H and O–H groups in total. The first-order valence-corrected chi connectivity index (χ1v) is 10.2. The SMILES string of the molecule is COc1ccc(C2=NOC(CN(Cc3ccc(F)cc3)C(=O)c3ccccc3F)C2)cc1. The third kappa shape index (κ3) is 4.94. The van der Waals surface area contributed by atoms with Crippen molar-refractivity contribution in [1.82, 2.24) is 4.90 Å². The average molecular weight is 436 g/mol. The zero-order valence-electron chi connectivity index (χ0n) is 17.5. The van der Waals surface area contributed by atoms with Gasteiger partial charge in [0, 0.05) is 13.0 Å². The Morgan fingerprint density at radius 3 is 2.47 bits per heavy atom. The molecule has 1 atom stereocenters. The predicted molar refractivity (Wildman–Crippen MR) is 117 cm³/mol. The average Bonchev–Trinajstić information content (AvgIpc) is 3.28. The number of hydrogen-bond acceptors (Lipinski definition) is 4.